The number of likely N-dealkylation sites (N-methyl/N-ethyl adjacent to an activating group) is 1. The van der Waals surface area contributed by atoms with Crippen molar-refractivity contribution in [3.8, 4) is 5.75 Å². The van der Waals surface area contributed by atoms with Crippen LogP contribution in [-0.4, -0.2) is 84.8 Å². The second kappa shape index (κ2) is 10.5. The number of amides is 1. The maximum atomic E-state index is 12.4. The molecule has 0 aliphatic carbocycles. The zero-order chi connectivity index (χ0) is 24.2. The van der Waals surface area contributed by atoms with Gasteiger partial charge in [0.15, 0.2) is 0 Å². The minimum atomic E-state index is -0.820. The van der Waals surface area contributed by atoms with Crippen LogP contribution in [0.5, 0.6) is 5.75 Å². The fourth-order valence-electron chi connectivity index (χ4n) is 4.15. The number of ether oxygens (including phenoxy) is 2. The fraction of sp³-hybridized carbons (Fsp3) is 0.522. The van der Waals surface area contributed by atoms with Crippen LogP contribution in [0.4, 0.5) is 11.8 Å². The Labute approximate surface area is 198 Å². The van der Waals surface area contributed by atoms with E-state index in [9.17, 15) is 15.0 Å². The van der Waals surface area contributed by atoms with E-state index < -0.39 is 12.0 Å². The molecule has 0 radical (unpaired) electrons. The SMILES string of the molecule is COCCN(C)c1nc(NC2COC2)c(C[C@@H](O)[C@@H]2Cc3ccc(O)cc3CN2)c(C(N)=O)n1. The molecule has 0 unspecified atom stereocenters. The summed E-state index contributed by atoms with van der Waals surface area (Å²) in [6.45, 7) is 2.58. The second-order valence-electron chi connectivity index (χ2n) is 8.77. The highest BCUT2D eigenvalue weighted by Gasteiger charge is 2.30. The summed E-state index contributed by atoms with van der Waals surface area (Å²) in [7, 11) is 3.42. The lowest BCUT2D eigenvalue weighted by atomic mass is 9.90. The molecule has 11 heteroatoms. The number of carbonyl (C=O) groups is 1. The van der Waals surface area contributed by atoms with Gasteiger partial charge in [0, 0.05) is 45.3 Å². The van der Waals surface area contributed by atoms with Crippen molar-refractivity contribution in [2.45, 2.75) is 37.6 Å². The number of methoxy groups -OCH3 is 1. The Hall–Kier alpha value is -2.99. The summed E-state index contributed by atoms with van der Waals surface area (Å²) < 4.78 is 10.4. The monoisotopic (exact) mass is 472 g/mol. The number of nitrogens with two attached hydrogens (primary N) is 1. The van der Waals surface area contributed by atoms with Crippen LogP contribution < -0.4 is 21.3 Å². The van der Waals surface area contributed by atoms with Gasteiger partial charge in [0.1, 0.15) is 17.3 Å². The average molecular weight is 473 g/mol. The highest BCUT2D eigenvalue weighted by atomic mass is 16.5. The van der Waals surface area contributed by atoms with Gasteiger partial charge >= 0.3 is 0 Å². The summed E-state index contributed by atoms with van der Waals surface area (Å²) in [6.07, 6.45) is -0.0963. The van der Waals surface area contributed by atoms with Crippen molar-refractivity contribution in [3.63, 3.8) is 0 Å². The molecule has 1 saturated heterocycles. The second-order valence-corrected chi connectivity index (χ2v) is 8.77. The number of fused-ring (bicyclic) bond motifs is 1. The van der Waals surface area contributed by atoms with Gasteiger partial charge in [0.25, 0.3) is 5.91 Å². The van der Waals surface area contributed by atoms with Gasteiger partial charge < -0.3 is 41.0 Å². The molecular weight excluding hydrogens is 440 g/mol. The Bertz CT molecular complexity index is 1030. The number of aromatic nitrogens is 2. The Morgan fingerprint density at radius 3 is 2.85 bits per heavy atom. The number of phenols is 1. The third-order valence-electron chi connectivity index (χ3n) is 6.24. The normalized spacial score (nSPS) is 18.6. The van der Waals surface area contributed by atoms with Gasteiger partial charge in [-0.2, -0.15) is 4.98 Å². The molecule has 1 fully saturated rings. The maximum absolute atomic E-state index is 12.4. The van der Waals surface area contributed by atoms with E-state index >= 15 is 0 Å². The van der Waals surface area contributed by atoms with Crippen molar-refractivity contribution in [1.29, 1.82) is 0 Å². The molecule has 34 heavy (non-hydrogen) atoms. The predicted molar refractivity (Wildman–Crippen MR) is 126 cm³/mol. The van der Waals surface area contributed by atoms with Crippen LogP contribution in [0.3, 0.4) is 0 Å². The van der Waals surface area contributed by atoms with Crippen LogP contribution in [-0.2, 0) is 28.9 Å². The van der Waals surface area contributed by atoms with E-state index in [1.54, 1.807) is 24.1 Å². The van der Waals surface area contributed by atoms with Crippen molar-refractivity contribution in [2.24, 2.45) is 5.73 Å². The summed E-state index contributed by atoms with van der Waals surface area (Å²) in [5.41, 5.74) is 8.34. The Morgan fingerprint density at radius 1 is 1.38 bits per heavy atom. The lowest BCUT2D eigenvalue weighted by Gasteiger charge is -2.32. The molecule has 6 N–H and O–H groups in total. The molecule has 2 aromatic rings. The van der Waals surface area contributed by atoms with Gasteiger partial charge in [-0.1, -0.05) is 6.07 Å². The number of primary amides is 1. The van der Waals surface area contributed by atoms with Crippen molar-refractivity contribution in [3.05, 3.63) is 40.6 Å². The zero-order valence-electron chi connectivity index (χ0n) is 19.5. The largest absolute Gasteiger partial charge is 0.508 e. The quantitative estimate of drug-likeness (QED) is 0.314. The number of benzene rings is 1. The first-order valence-electron chi connectivity index (χ1n) is 11.3. The van der Waals surface area contributed by atoms with E-state index in [1.807, 2.05) is 13.1 Å². The van der Waals surface area contributed by atoms with Crippen molar-refractivity contribution in [1.82, 2.24) is 15.3 Å². The summed E-state index contributed by atoms with van der Waals surface area (Å²) in [5, 5.41) is 27.5. The molecule has 1 aromatic carbocycles. The number of hydrogen-bond acceptors (Lipinski definition) is 10. The molecule has 0 spiro atoms. The zero-order valence-corrected chi connectivity index (χ0v) is 19.5. The van der Waals surface area contributed by atoms with E-state index in [2.05, 4.69) is 20.6 Å². The van der Waals surface area contributed by atoms with Crippen LogP contribution in [0.15, 0.2) is 18.2 Å². The predicted octanol–water partition coefficient (Wildman–Crippen LogP) is -0.208. The molecule has 2 aliphatic heterocycles. The molecule has 3 heterocycles. The van der Waals surface area contributed by atoms with Crippen LogP contribution in [0.25, 0.3) is 0 Å². The highest BCUT2D eigenvalue weighted by Crippen LogP contribution is 2.27. The number of nitrogens with one attached hydrogen (secondary N) is 2. The van der Waals surface area contributed by atoms with Gasteiger partial charge in [0.2, 0.25) is 5.95 Å². The van der Waals surface area contributed by atoms with E-state index in [-0.39, 0.29) is 29.9 Å². The van der Waals surface area contributed by atoms with Gasteiger partial charge in [-0.25, -0.2) is 4.98 Å². The number of nitrogens with zero attached hydrogens (tertiary/aromatic N) is 3. The van der Waals surface area contributed by atoms with Crippen molar-refractivity contribution < 1.29 is 24.5 Å². The summed E-state index contributed by atoms with van der Waals surface area (Å²) in [5.74, 6) is 0.346. The van der Waals surface area contributed by atoms with Gasteiger partial charge in [-0.3, -0.25) is 4.79 Å². The maximum Gasteiger partial charge on any atom is 0.267 e. The third kappa shape index (κ3) is 5.39. The van der Waals surface area contributed by atoms with E-state index in [0.717, 1.165) is 11.1 Å². The van der Waals surface area contributed by atoms with Gasteiger partial charge in [-0.05, 0) is 29.7 Å². The minimum Gasteiger partial charge on any atom is -0.508 e. The Kier molecular flexibility index (Phi) is 7.47. The summed E-state index contributed by atoms with van der Waals surface area (Å²) in [4.78, 5) is 23.3. The molecule has 4 rings (SSSR count). The van der Waals surface area contributed by atoms with E-state index in [1.165, 1.54) is 0 Å². The molecule has 1 aromatic heterocycles. The Balaban J connectivity index is 1.60. The van der Waals surface area contributed by atoms with Crippen LogP contribution in [0, 0.1) is 0 Å². The van der Waals surface area contributed by atoms with Crippen molar-refractivity contribution in [2.75, 3.05) is 50.7 Å². The number of carbonyl (C=O) groups excluding carboxylic acids is 1. The molecule has 11 nitrogen and oxygen atoms in total. The fourth-order valence-corrected chi connectivity index (χ4v) is 4.15. The summed E-state index contributed by atoms with van der Waals surface area (Å²) in [6, 6.07) is 5.05. The number of aliphatic hydroxyl groups is 1. The number of aromatic hydroxyl groups is 1. The standard InChI is InChI=1S/C23H32N6O5/c1-29(5-6-33-2)23-27-20(21(24)32)17(22(28-23)26-15-11-34-12-15)9-19(31)18-8-13-3-4-16(30)7-14(13)10-25-18/h3-4,7,15,18-19,25,30-31H,5-6,8-12H2,1-2H3,(H2,24,32)(H,26,27,28)/t18-,19+/m0/s1. The molecule has 2 aliphatic rings. The molecule has 0 bridgehead atoms. The minimum absolute atomic E-state index is 0.0519. The molecule has 1 amide bonds. The molecule has 2 atom stereocenters. The first-order chi connectivity index (χ1) is 16.4. The van der Waals surface area contributed by atoms with Crippen LogP contribution >= 0.6 is 0 Å². The van der Waals surface area contributed by atoms with Crippen LogP contribution in [0.1, 0.15) is 27.2 Å². The molecule has 0 saturated carbocycles. The Morgan fingerprint density at radius 2 is 2.18 bits per heavy atom. The lowest BCUT2D eigenvalue weighted by molar-refractivity contribution is 0.0209. The first kappa shape index (κ1) is 24.1. The molecular formula is C23H32N6O5. The summed E-state index contributed by atoms with van der Waals surface area (Å²) >= 11 is 0. The topological polar surface area (TPSA) is 155 Å². The van der Waals surface area contributed by atoms with E-state index in [0.29, 0.717) is 56.7 Å². The van der Waals surface area contributed by atoms with Crippen LogP contribution in [0.2, 0.25) is 0 Å². The smallest absolute Gasteiger partial charge is 0.267 e. The van der Waals surface area contributed by atoms with E-state index in [4.69, 9.17) is 15.2 Å². The molecule has 184 valence electrons. The van der Waals surface area contributed by atoms with Gasteiger partial charge in [0.05, 0.1) is 32.0 Å². The highest BCUT2D eigenvalue weighted by molar-refractivity contribution is 5.94. The lowest BCUT2D eigenvalue weighted by Crippen LogP contribution is -2.46. The number of phenolic OH excluding ortho intramolecular Hbond substituents is 1. The van der Waals surface area contributed by atoms with Crippen molar-refractivity contribution >= 4 is 17.7 Å². The third-order valence-corrected chi connectivity index (χ3v) is 6.24. The number of aliphatic hydroxyl groups excluding tert-OH is 1. The number of anilines is 2. The first-order valence-corrected chi connectivity index (χ1v) is 11.3. The number of hydrogen-bond donors (Lipinski definition) is 5. The average Bonchev–Trinajstić information content (AvgIpc) is 2.79. The van der Waals surface area contributed by atoms with Gasteiger partial charge in [-0.15, -0.1) is 0 Å². The number of rotatable bonds is 10.